The summed E-state index contributed by atoms with van der Waals surface area (Å²) in [6.07, 6.45) is 3.05. The SMILES string of the molecule is CCC1CC(=O)NN1C1CCN(C(=O)OC(C)(C)C)CC1. The molecule has 120 valence electrons. The van der Waals surface area contributed by atoms with Crippen molar-refractivity contribution in [3.63, 3.8) is 0 Å². The predicted octanol–water partition coefficient (Wildman–Crippen LogP) is 1.90. The van der Waals surface area contributed by atoms with Crippen LogP contribution in [0.2, 0.25) is 0 Å². The average Bonchev–Trinajstić information content (AvgIpc) is 2.78. The van der Waals surface area contributed by atoms with Crippen molar-refractivity contribution >= 4 is 12.0 Å². The lowest BCUT2D eigenvalue weighted by atomic mass is 10.0. The molecule has 6 nitrogen and oxygen atoms in total. The van der Waals surface area contributed by atoms with E-state index in [2.05, 4.69) is 17.4 Å². The van der Waals surface area contributed by atoms with Gasteiger partial charge in [-0.2, -0.15) is 0 Å². The first-order valence-corrected chi connectivity index (χ1v) is 7.86. The highest BCUT2D eigenvalue weighted by Gasteiger charge is 2.36. The van der Waals surface area contributed by atoms with Crippen LogP contribution in [-0.4, -0.2) is 52.7 Å². The zero-order valence-corrected chi connectivity index (χ0v) is 13.5. The van der Waals surface area contributed by atoms with Crippen molar-refractivity contribution in [2.24, 2.45) is 0 Å². The molecule has 2 aliphatic rings. The summed E-state index contributed by atoms with van der Waals surface area (Å²) in [4.78, 5) is 25.4. The number of hydrogen-bond donors (Lipinski definition) is 1. The summed E-state index contributed by atoms with van der Waals surface area (Å²) in [5.41, 5.74) is 2.51. The number of ether oxygens (including phenoxy) is 1. The molecule has 0 aromatic carbocycles. The molecule has 2 heterocycles. The number of nitrogens with one attached hydrogen (secondary N) is 1. The first-order chi connectivity index (χ1) is 9.80. The Labute approximate surface area is 126 Å². The summed E-state index contributed by atoms with van der Waals surface area (Å²) in [7, 11) is 0. The van der Waals surface area contributed by atoms with Gasteiger partial charge in [0, 0.05) is 31.6 Å². The Kier molecular flexibility index (Phi) is 4.76. The molecule has 2 amide bonds. The van der Waals surface area contributed by atoms with Gasteiger partial charge in [-0.3, -0.25) is 10.2 Å². The Hall–Kier alpha value is -1.30. The zero-order valence-electron chi connectivity index (χ0n) is 13.5. The minimum atomic E-state index is -0.454. The average molecular weight is 297 g/mol. The molecule has 2 rings (SSSR count). The third-order valence-corrected chi connectivity index (χ3v) is 4.05. The van der Waals surface area contributed by atoms with Gasteiger partial charge in [-0.05, 0) is 40.0 Å². The van der Waals surface area contributed by atoms with Gasteiger partial charge in [0.2, 0.25) is 5.91 Å². The number of likely N-dealkylation sites (tertiary alicyclic amines) is 1. The highest BCUT2D eigenvalue weighted by atomic mass is 16.6. The minimum Gasteiger partial charge on any atom is -0.444 e. The van der Waals surface area contributed by atoms with E-state index in [0.29, 0.717) is 25.6 Å². The summed E-state index contributed by atoms with van der Waals surface area (Å²) < 4.78 is 5.40. The Morgan fingerprint density at radius 1 is 1.33 bits per heavy atom. The van der Waals surface area contributed by atoms with Gasteiger partial charge in [0.25, 0.3) is 0 Å². The van der Waals surface area contributed by atoms with Crippen molar-refractivity contribution in [2.45, 2.75) is 71.1 Å². The topological polar surface area (TPSA) is 61.9 Å². The van der Waals surface area contributed by atoms with Crippen LogP contribution < -0.4 is 5.43 Å². The van der Waals surface area contributed by atoms with E-state index in [4.69, 9.17) is 4.74 Å². The Bertz CT molecular complexity index is 397. The number of hydrazine groups is 1. The van der Waals surface area contributed by atoms with E-state index in [1.165, 1.54) is 0 Å². The summed E-state index contributed by atoms with van der Waals surface area (Å²) >= 11 is 0. The molecule has 0 aliphatic carbocycles. The number of amides is 2. The standard InChI is InChI=1S/C15H27N3O3/c1-5-11-10-13(19)16-18(11)12-6-8-17(9-7-12)14(20)21-15(2,3)4/h11-12H,5-10H2,1-4H3,(H,16,19). The third-order valence-electron chi connectivity index (χ3n) is 4.05. The van der Waals surface area contributed by atoms with Crippen molar-refractivity contribution in [3.8, 4) is 0 Å². The van der Waals surface area contributed by atoms with E-state index in [1.807, 2.05) is 20.8 Å². The lowest BCUT2D eigenvalue weighted by Crippen LogP contribution is -2.52. The maximum absolute atomic E-state index is 12.0. The van der Waals surface area contributed by atoms with Crippen LogP contribution in [0.25, 0.3) is 0 Å². The van der Waals surface area contributed by atoms with Crippen LogP contribution >= 0.6 is 0 Å². The zero-order chi connectivity index (χ0) is 15.6. The molecule has 0 bridgehead atoms. The van der Waals surface area contributed by atoms with E-state index < -0.39 is 5.60 Å². The lowest BCUT2D eigenvalue weighted by Gasteiger charge is -2.38. The largest absolute Gasteiger partial charge is 0.444 e. The fraction of sp³-hybridized carbons (Fsp3) is 0.867. The molecule has 2 saturated heterocycles. The predicted molar refractivity (Wildman–Crippen MR) is 79.5 cm³/mol. The Morgan fingerprint density at radius 3 is 2.48 bits per heavy atom. The molecular formula is C15H27N3O3. The van der Waals surface area contributed by atoms with Gasteiger partial charge < -0.3 is 9.64 Å². The molecule has 1 N–H and O–H groups in total. The van der Waals surface area contributed by atoms with Crippen LogP contribution in [0, 0.1) is 0 Å². The van der Waals surface area contributed by atoms with Gasteiger partial charge in [0.15, 0.2) is 0 Å². The first kappa shape index (κ1) is 16.1. The maximum atomic E-state index is 12.0. The Morgan fingerprint density at radius 2 is 1.95 bits per heavy atom. The van der Waals surface area contributed by atoms with E-state index >= 15 is 0 Å². The second kappa shape index (κ2) is 6.22. The van der Waals surface area contributed by atoms with Crippen LogP contribution in [0.15, 0.2) is 0 Å². The van der Waals surface area contributed by atoms with Gasteiger partial charge in [-0.1, -0.05) is 6.92 Å². The number of carbonyl (C=O) groups excluding carboxylic acids is 2. The van der Waals surface area contributed by atoms with Crippen molar-refractivity contribution in [3.05, 3.63) is 0 Å². The molecule has 21 heavy (non-hydrogen) atoms. The number of nitrogens with zero attached hydrogens (tertiary/aromatic N) is 2. The monoisotopic (exact) mass is 297 g/mol. The number of rotatable bonds is 2. The molecule has 2 aliphatic heterocycles. The molecular weight excluding hydrogens is 270 g/mol. The van der Waals surface area contributed by atoms with Crippen molar-refractivity contribution in [1.29, 1.82) is 0 Å². The smallest absolute Gasteiger partial charge is 0.410 e. The second-order valence-corrected chi connectivity index (χ2v) is 6.91. The van der Waals surface area contributed by atoms with Gasteiger partial charge in [0.05, 0.1) is 0 Å². The van der Waals surface area contributed by atoms with E-state index in [-0.39, 0.29) is 18.0 Å². The van der Waals surface area contributed by atoms with Crippen molar-refractivity contribution < 1.29 is 14.3 Å². The second-order valence-electron chi connectivity index (χ2n) is 6.91. The molecule has 1 atom stereocenters. The maximum Gasteiger partial charge on any atom is 0.410 e. The summed E-state index contributed by atoms with van der Waals surface area (Å²) in [6, 6.07) is 0.607. The number of hydrogen-bond acceptors (Lipinski definition) is 4. The van der Waals surface area contributed by atoms with Gasteiger partial charge in [-0.25, -0.2) is 9.80 Å². The quantitative estimate of drug-likeness (QED) is 0.845. The van der Waals surface area contributed by atoms with Crippen LogP contribution in [0.5, 0.6) is 0 Å². The van der Waals surface area contributed by atoms with E-state index in [9.17, 15) is 9.59 Å². The number of piperidine rings is 1. The molecule has 0 aromatic heterocycles. The fourth-order valence-electron chi connectivity index (χ4n) is 2.98. The Balaban J connectivity index is 1.86. The van der Waals surface area contributed by atoms with Crippen LogP contribution in [-0.2, 0) is 9.53 Å². The molecule has 2 fully saturated rings. The molecule has 0 saturated carbocycles. The van der Waals surface area contributed by atoms with Crippen LogP contribution in [0.3, 0.4) is 0 Å². The molecule has 1 unspecified atom stereocenters. The number of carbonyl (C=O) groups is 2. The third kappa shape index (κ3) is 4.09. The fourth-order valence-corrected chi connectivity index (χ4v) is 2.98. The van der Waals surface area contributed by atoms with Crippen molar-refractivity contribution in [1.82, 2.24) is 15.3 Å². The normalized spacial score (nSPS) is 25.0. The minimum absolute atomic E-state index is 0.108. The summed E-state index contributed by atoms with van der Waals surface area (Å²) in [5, 5.41) is 2.11. The van der Waals surface area contributed by atoms with Crippen LogP contribution in [0.4, 0.5) is 4.79 Å². The molecule has 6 heteroatoms. The van der Waals surface area contributed by atoms with Gasteiger partial charge in [-0.15, -0.1) is 0 Å². The van der Waals surface area contributed by atoms with E-state index in [1.54, 1.807) is 4.90 Å². The van der Waals surface area contributed by atoms with Gasteiger partial charge in [0.1, 0.15) is 5.60 Å². The van der Waals surface area contributed by atoms with E-state index in [0.717, 1.165) is 19.3 Å². The lowest BCUT2D eigenvalue weighted by molar-refractivity contribution is -0.121. The first-order valence-electron chi connectivity index (χ1n) is 7.86. The molecule has 0 aromatic rings. The van der Waals surface area contributed by atoms with Crippen LogP contribution in [0.1, 0.15) is 53.4 Å². The molecule has 0 spiro atoms. The van der Waals surface area contributed by atoms with Gasteiger partial charge >= 0.3 is 6.09 Å². The highest BCUT2D eigenvalue weighted by molar-refractivity contribution is 5.78. The summed E-state index contributed by atoms with van der Waals surface area (Å²) in [5.74, 6) is 0.108. The molecule has 0 radical (unpaired) electrons. The summed E-state index contributed by atoms with van der Waals surface area (Å²) in [6.45, 7) is 9.11. The van der Waals surface area contributed by atoms with Crippen molar-refractivity contribution in [2.75, 3.05) is 13.1 Å². The highest BCUT2D eigenvalue weighted by Crippen LogP contribution is 2.24.